The van der Waals surface area contributed by atoms with E-state index >= 15 is 0 Å². The van der Waals surface area contributed by atoms with Gasteiger partial charge in [0.2, 0.25) is 5.91 Å². The average molecular weight is 295 g/mol. The number of hydrogen-bond donors (Lipinski definition) is 0. The Balaban J connectivity index is 1.79. The molecule has 4 atom stereocenters. The Kier molecular flexibility index (Phi) is 2.85. The molecule has 114 valence electrons. The monoisotopic (exact) mass is 295 g/mol. The minimum atomic E-state index is -0.453. The molecule has 0 radical (unpaired) electrons. The number of amides is 1. The first kappa shape index (κ1) is 13.8. The molecule has 3 aliphatic heterocycles. The molecule has 0 aromatic heterocycles. The maximum absolute atomic E-state index is 13.0. The van der Waals surface area contributed by atoms with E-state index in [1.807, 2.05) is 24.0 Å². The first-order valence-electron chi connectivity index (χ1n) is 7.92. The van der Waals surface area contributed by atoms with Gasteiger partial charge in [-0.2, -0.15) is 0 Å². The molecular weight excluding hydrogens is 274 g/mol. The molecule has 3 heteroatoms. The zero-order valence-corrected chi connectivity index (χ0v) is 13.1. The van der Waals surface area contributed by atoms with Gasteiger partial charge in [-0.05, 0) is 38.8 Å². The van der Waals surface area contributed by atoms with E-state index in [1.165, 1.54) is 5.56 Å². The molecule has 3 aliphatic rings. The summed E-state index contributed by atoms with van der Waals surface area (Å²) in [5.74, 6) is 0.148. The summed E-state index contributed by atoms with van der Waals surface area (Å²) < 4.78 is 6.23. The summed E-state index contributed by atoms with van der Waals surface area (Å²) in [6, 6.07) is 8.19. The van der Waals surface area contributed by atoms with Crippen LogP contribution in [-0.2, 0) is 9.53 Å². The number of carbonyl (C=O) groups excluding carboxylic acids is 1. The molecule has 22 heavy (non-hydrogen) atoms. The van der Waals surface area contributed by atoms with Gasteiger partial charge in [-0.15, -0.1) is 6.58 Å². The number of benzene rings is 1. The SMILES string of the molecule is C=C(C)C[C@H]1N(c2ccc(C)cc2)C(=O)[C@@H]2C[C@H]3C=C[C@]21O3. The molecular formula is C19H21NO2. The third-order valence-electron chi connectivity index (χ3n) is 5.16. The second-order valence-electron chi connectivity index (χ2n) is 6.88. The van der Waals surface area contributed by atoms with Gasteiger partial charge in [-0.3, -0.25) is 4.79 Å². The molecule has 4 rings (SSSR count). The fraction of sp³-hybridized carbons (Fsp3) is 0.421. The molecule has 3 heterocycles. The number of anilines is 1. The molecule has 0 N–H and O–H groups in total. The largest absolute Gasteiger partial charge is 0.361 e. The van der Waals surface area contributed by atoms with Crippen LogP contribution in [0.3, 0.4) is 0 Å². The van der Waals surface area contributed by atoms with Crippen LogP contribution >= 0.6 is 0 Å². The topological polar surface area (TPSA) is 29.5 Å². The van der Waals surface area contributed by atoms with Gasteiger partial charge < -0.3 is 9.64 Å². The summed E-state index contributed by atoms with van der Waals surface area (Å²) >= 11 is 0. The predicted octanol–water partition coefficient (Wildman–Crippen LogP) is 3.39. The normalized spacial score (nSPS) is 35.3. The van der Waals surface area contributed by atoms with Crippen molar-refractivity contribution in [3.05, 3.63) is 54.1 Å². The second-order valence-corrected chi connectivity index (χ2v) is 6.88. The average Bonchev–Trinajstić information content (AvgIpc) is 3.12. The quantitative estimate of drug-likeness (QED) is 0.800. The van der Waals surface area contributed by atoms with E-state index in [0.717, 1.165) is 24.1 Å². The van der Waals surface area contributed by atoms with Gasteiger partial charge >= 0.3 is 0 Å². The van der Waals surface area contributed by atoms with Crippen molar-refractivity contribution in [2.45, 2.75) is 44.4 Å². The van der Waals surface area contributed by atoms with Gasteiger partial charge in [0.1, 0.15) is 5.60 Å². The van der Waals surface area contributed by atoms with Crippen LogP contribution in [0.25, 0.3) is 0 Å². The van der Waals surface area contributed by atoms with E-state index in [4.69, 9.17) is 4.74 Å². The van der Waals surface area contributed by atoms with Crippen LogP contribution < -0.4 is 4.90 Å². The first-order chi connectivity index (χ1) is 10.5. The van der Waals surface area contributed by atoms with Gasteiger partial charge in [-0.25, -0.2) is 0 Å². The van der Waals surface area contributed by atoms with Crippen LogP contribution in [0.4, 0.5) is 5.69 Å². The van der Waals surface area contributed by atoms with Crippen molar-refractivity contribution < 1.29 is 9.53 Å². The van der Waals surface area contributed by atoms with Gasteiger partial charge in [0.15, 0.2) is 0 Å². The van der Waals surface area contributed by atoms with Crippen LogP contribution in [0.1, 0.15) is 25.3 Å². The number of fused-ring (bicyclic) bond motifs is 1. The predicted molar refractivity (Wildman–Crippen MR) is 86.7 cm³/mol. The molecule has 2 saturated heterocycles. The van der Waals surface area contributed by atoms with E-state index in [-0.39, 0.29) is 24.0 Å². The number of hydrogen-bond acceptors (Lipinski definition) is 2. The zero-order valence-electron chi connectivity index (χ0n) is 13.1. The molecule has 2 fully saturated rings. The summed E-state index contributed by atoms with van der Waals surface area (Å²) in [6.07, 6.45) is 5.94. The number of nitrogens with zero attached hydrogens (tertiary/aromatic N) is 1. The minimum Gasteiger partial charge on any atom is -0.361 e. The van der Waals surface area contributed by atoms with Gasteiger partial charge in [0.25, 0.3) is 0 Å². The van der Waals surface area contributed by atoms with Crippen LogP contribution in [0, 0.1) is 12.8 Å². The molecule has 1 aromatic carbocycles. The third kappa shape index (κ3) is 1.75. The van der Waals surface area contributed by atoms with Crippen molar-refractivity contribution in [2.24, 2.45) is 5.92 Å². The van der Waals surface area contributed by atoms with Crippen molar-refractivity contribution in [1.29, 1.82) is 0 Å². The van der Waals surface area contributed by atoms with E-state index < -0.39 is 5.60 Å². The lowest BCUT2D eigenvalue weighted by atomic mass is 9.80. The Hall–Kier alpha value is -1.87. The van der Waals surface area contributed by atoms with E-state index in [2.05, 4.69) is 37.8 Å². The van der Waals surface area contributed by atoms with Crippen molar-refractivity contribution in [3.8, 4) is 0 Å². The highest BCUT2D eigenvalue weighted by Gasteiger charge is 2.65. The molecule has 1 spiro atoms. The van der Waals surface area contributed by atoms with Crippen LogP contribution in [0.2, 0.25) is 0 Å². The standard InChI is InChI=1S/C19H21NO2/c1-12(2)10-17-19-9-8-15(22-19)11-16(19)18(21)20(17)14-6-4-13(3)5-7-14/h4-9,15-17H,1,10-11H2,2-3H3/t15-,16+,17-,19+/m1/s1. The number of ether oxygens (including phenoxy) is 1. The summed E-state index contributed by atoms with van der Waals surface area (Å²) in [5.41, 5.74) is 2.79. The highest BCUT2D eigenvalue weighted by Crippen LogP contribution is 2.54. The van der Waals surface area contributed by atoms with Crippen LogP contribution in [0.5, 0.6) is 0 Å². The number of aryl methyl sites for hydroxylation is 1. The summed E-state index contributed by atoms with van der Waals surface area (Å²) in [4.78, 5) is 15.0. The summed E-state index contributed by atoms with van der Waals surface area (Å²) in [5, 5.41) is 0. The molecule has 2 bridgehead atoms. The molecule has 0 saturated carbocycles. The van der Waals surface area contributed by atoms with E-state index in [0.29, 0.717) is 0 Å². The highest BCUT2D eigenvalue weighted by atomic mass is 16.5. The Labute approximate surface area is 131 Å². The molecule has 0 unspecified atom stereocenters. The lowest BCUT2D eigenvalue weighted by molar-refractivity contribution is -0.121. The Bertz CT molecular complexity index is 675. The Morgan fingerprint density at radius 2 is 2.14 bits per heavy atom. The lowest BCUT2D eigenvalue weighted by Gasteiger charge is -2.33. The van der Waals surface area contributed by atoms with Crippen molar-refractivity contribution in [1.82, 2.24) is 0 Å². The Morgan fingerprint density at radius 3 is 2.77 bits per heavy atom. The lowest BCUT2D eigenvalue weighted by Crippen LogP contribution is -2.45. The summed E-state index contributed by atoms with van der Waals surface area (Å²) in [7, 11) is 0. The highest BCUT2D eigenvalue weighted by molar-refractivity contribution is 6.01. The first-order valence-corrected chi connectivity index (χ1v) is 7.92. The second kappa shape index (κ2) is 4.56. The van der Waals surface area contributed by atoms with Crippen molar-refractivity contribution in [3.63, 3.8) is 0 Å². The number of rotatable bonds is 3. The smallest absolute Gasteiger partial charge is 0.233 e. The van der Waals surface area contributed by atoms with Crippen molar-refractivity contribution in [2.75, 3.05) is 4.90 Å². The van der Waals surface area contributed by atoms with Gasteiger partial charge in [0.05, 0.1) is 18.1 Å². The molecule has 0 aliphatic carbocycles. The zero-order chi connectivity index (χ0) is 15.5. The van der Waals surface area contributed by atoms with Crippen molar-refractivity contribution >= 4 is 11.6 Å². The molecule has 1 amide bonds. The van der Waals surface area contributed by atoms with Gasteiger partial charge in [0, 0.05) is 5.69 Å². The number of carbonyl (C=O) groups is 1. The summed E-state index contributed by atoms with van der Waals surface area (Å²) in [6.45, 7) is 8.14. The Morgan fingerprint density at radius 1 is 1.41 bits per heavy atom. The maximum atomic E-state index is 13.0. The minimum absolute atomic E-state index is 0.00829. The fourth-order valence-electron chi connectivity index (χ4n) is 4.17. The van der Waals surface area contributed by atoms with E-state index in [9.17, 15) is 4.79 Å². The fourth-order valence-corrected chi connectivity index (χ4v) is 4.17. The third-order valence-corrected chi connectivity index (χ3v) is 5.16. The van der Waals surface area contributed by atoms with Gasteiger partial charge in [-0.1, -0.05) is 35.4 Å². The van der Waals surface area contributed by atoms with E-state index in [1.54, 1.807) is 0 Å². The van der Waals surface area contributed by atoms with Crippen LogP contribution in [0.15, 0.2) is 48.6 Å². The maximum Gasteiger partial charge on any atom is 0.233 e. The molecule has 3 nitrogen and oxygen atoms in total. The molecule has 1 aromatic rings. The van der Waals surface area contributed by atoms with Crippen LogP contribution in [-0.4, -0.2) is 23.7 Å².